The highest BCUT2D eigenvalue weighted by Gasteiger charge is 2.41. The van der Waals surface area contributed by atoms with Gasteiger partial charge >= 0.3 is 17.9 Å². The zero-order valence-corrected chi connectivity index (χ0v) is 13.8. The number of hydrogen-bond acceptors (Lipinski definition) is 6. The number of carbonyl (C=O) groups excluding carboxylic acids is 2. The summed E-state index contributed by atoms with van der Waals surface area (Å²) < 4.78 is 9.33. The molecule has 23 heavy (non-hydrogen) atoms. The molecule has 0 bridgehead atoms. The van der Waals surface area contributed by atoms with Crippen molar-refractivity contribution < 1.29 is 29.3 Å². The molecule has 0 aromatic carbocycles. The molecular formula is C17H28O6. The summed E-state index contributed by atoms with van der Waals surface area (Å²) in [5.41, 5.74) is 0. The highest BCUT2D eigenvalue weighted by Crippen LogP contribution is 2.20. The van der Waals surface area contributed by atoms with Gasteiger partial charge in [0.15, 0.2) is 6.10 Å². The van der Waals surface area contributed by atoms with Crippen LogP contribution in [0.1, 0.15) is 58.3 Å². The van der Waals surface area contributed by atoms with Gasteiger partial charge in [-0.2, -0.15) is 0 Å². The van der Waals surface area contributed by atoms with E-state index in [1.807, 2.05) is 0 Å². The van der Waals surface area contributed by atoms with E-state index in [0.717, 1.165) is 31.4 Å². The molecule has 2 N–H and O–H groups in total. The highest BCUT2D eigenvalue weighted by atomic mass is 16.8. The van der Waals surface area contributed by atoms with Crippen molar-refractivity contribution in [3.05, 3.63) is 25.3 Å². The number of ether oxygens (including phenoxy) is 2. The van der Waals surface area contributed by atoms with E-state index in [4.69, 9.17) is 4.74 Å². The van der Waals surface area contributed by atoms with Crippen molar-refractivity contribution >= 4 is 11.9 Å². The normalized spacial score (nSPS) is 12.3. The molecule has 132 valence electrons. The van der Waals surface area contributed by atoms with E-state index < -0.39 is 24.0 Å². The van der Waals surface area contributed by atoms with Crippen molar-refractivity contribution in [1.29, 1.82) is 0 Å². The third-order valence-electron chi connectivity index (χ3n) is 3.33. The van der Waals surface area contributed by atoms with E-state index >= 15 is 0 Å². The second-order valence-corrected chi connectivity index (χ2v) is 5.32. The van der Waals surface area contributed by atoms with Crippen LogP contribution < -0.4 is 0 Å². The zero-order valence-electron chi connectivity index (χ0n) is 13.8. The molecule has 1 unspecified atom stereocenters. The van der Waals surface area contributed by atoms with Crippen LogP contribution in [0.5, 0.6) is 0 Å². The maximum atomic E-state index is 11.3. The van der Waals surface area contributed by atoms with Crippen molar-refractivity contribution in [2.75, 3.05) is 0 Å². The highest BCUT2D eigenvalue weighted by molar-refractivity contribution is 5.82. The minimum Gasteiger partial charge on any atom is -0.449 e. The molecule has 0 fully saturated rings. The first-order valence-corrected chi connectivity index (χ1v) is 8.00. The summed E-state index contributed by atoms with van der Waals surface area (Å²) in [6.45, 7) is 8.56. The molecule has 1 atom stereocenters. The molecular weight excluding hydrogens is 300 g/mol. The molecule has 0 saturated carbocycles. The van der Waals surface area contributed by atoms with Crippen LogP contribution in [0.3, 0.4) is 0 Å². The lowest BCUT2D eigenvalue weighted by atomic mass is 10.1. The van der Waals surface area contributed by atoms with Gasteiger partial charge < -0.3 is 19.7 Å². The first-order valence-electron chi connectivity index (χ1n) is 8.00. The Labute approximate surface area is 137 Å². The topological polar surface area (TPSA) is 93.1 Å². The van der Waals surface area contributed by atoms with Crippen molar-refractivity contribution in [3.63, 3.8) is 0 Å². The maximum Gasteiger partial charge on any atom is 0.363 e. The largest absolute Gasteiger partial charge is 0.449 e. The smallest absolute Gasteiger partial charge is 0.363 e. The van der Waals surface area contributed by atoms with Gasteiger partial charge in [0.25, 0.3) is 0 Å². The zero-order chi connectivity index (χ0) is 17.7. The van der Waals surface area contributed by atoms with Crippen molar-refractivity contribution in [1.82, 2.24) is 0 Å². The lowest BCUT2D eigenvalue weighted by molar-refractivity contribution is -0.357. The van der Waals surface area contributed by atoms with Crippen LogP contribution in [0.15, 0.2) is 25.3 Å². The van der Waals surface area contributed by atoms with Crippen molar-refractivity contribution in [2.24, 2.45) is 0 Å². The standard InChI is InChI=1S/C17H28O6/c1-4-7-8-9-10-11-12-13-14(22-15(18)5-2)17(20,21)23-16(19)6-3/h5-6,14,20-21H,2-4,7-13H2,1H3. The number of esters is 2. The Balaban J connectivity index is 4.44. The Hall–Kier alpha value is -1.66. The van der Waals surface area contributed by atoms with Gasteiger partial charge in [-0.1, -0.05) is 58.6 Å². The molecule has 0 heterocycles. The Morgan fingerprint density at radius 2 is 1.52 bits per heavy atom. The predicted octanol–water partition coefficient (Wildman–Crippen LogP) is 2.59. The molecule has 0 aromatic rings. The Bertz CT molecular complexity index is 389. The third kappa shape index (κ3) is 9.86. The van der Waals surface area contributed by atoms with Gasteiger partial charge in [-0.15, -0.1) is 0 Å². The van der Waals surface area contributed by atoms with Crippen molar-refractivity contribution in [3.8, 4) is 0 Å². The average molecular weight is 328 g/mol. The molecule has 0 spiro atoms. The summed E-state index contributed by atoms with van der Waals surface area (Å²) in [5.74, 6) is -4.74. The Morgan fingerprint density at radius 3 is 2.04 bits per heavy atom. The lowest BCUT2D eigenvalue weighted by Gasteiger charge is -2.29. The van der Waals surface area contributed by atoms with Gasteiger partial charge in [0.05, 0.1) is 0 Å². The quantitative estimate of drug-likeness (QED) is 0.234. The molecule has 6 heteroatoms. The van der Waals surface area contributed by atoms with Crippen LogP contribution in [0, 0.1) is 0 Å². The summed E-state index contributed by atoms with van der Waals surface area (Å²) in [6, 6.07) is 0. The van der Waals surface area contributed by atoms with Crippen LogP contribution in [-0.2, 0) is 19.1 Å². The Kier molecular flexibility index (Phi) is 11.0. The van der Waals surface area contributed by atoms with Crippen LogP contribution in [0.4, 0.5) is 0 Å². The van der Waals surface area contributed by atoms with E-state index in [9.17, 15) is 19.8 Å². The van der Waals surface area contributed by atoms with Gasteiger partial charge in [-0.3, -0.25) is 0 Å². The fraction of sp³-hybridized carbons (Fsp3) is 0.647. The molecule has 0 aliphatic carbocycles. The molecule has 0 saturated heterocycles. The van der Waals surface area contributed by atoms with Gasteiger partial charge in [0, 0.05) is 12.2 Å². The van der Waals surface area contributed by atoms with Crippen LogP contribution in [-0.4, -0.2) is 34.2 Å². The van der Waals surface area contributed by atoms with E-state index in [1.165, 1.54) is 19.3 Å². The summed E-state index contributed by atoms with van der Waals surface area (Å²) in [5, 5.41) is 19.7. The molecule has 0 rings (SSSR count). The SMILES string of the molecule is C=CC(=O)OC(CCCCCCCCC)C(O)(O)OC(=O)C=C. The monoisotopic (exact) mass is 328 g/mol. The van der Waals surface area contributed by atoms with Gasteiger partial charge in [-0.25, -0.2) is 9.59 Å². The number of rotatable bonds is 13. The fourth-order valence-electron chi connectivity index (χ4n) is 2.05. The molecule has 0 aliphatic rings. The summed E-state index contributed by atoms with van der Waals surface area (Å²) in [4.78, 5) is 22.5. The van der Waals surface area contributed by atoms with Gasteiger partial charge in [0.2, 0.25) is 0 Å². The first-order chi connectivity index (χ1) is 10.9. The maximum absolute atomic E-state index is 11.3. The molecule has 0 aromatic heterocycles. The summed E-state index contributed by atoms with van der Waals surface area (Å²) >= 11 is 0. The summed E-state index contributed by atoms with van der Waals surface area (Å²) in [7, 11) is 0. The predicted molar refractivity (Wildman–Crippen MR) is 86.1 cm³/mol. The lowest BCUT2D eigenvalue weighted by Crippen LogP contribution is -2.48. The first kappa shape index (κ1) is 21.3. The number of hydrogen-bond donors (Lipinski definition) is 2. The number of carbonyl (C=O) groups is 2. The van der Waals surface area contributed by atoms with Gasteiger partial charge in [0.1, 0.15) is 0 Å². The average Bonchev–Trinajstić information content (AvgIpc) is 2.51. The molecule has 0 amide bonds. The minimum absolute atomic E-state index is 0.158. The van der Waals surface area contributed by atoms with Crippen LogP contribution in [0.25, 0.3) is 0 Å². The second kappa shape index (κ2) is 11.8. The number of aliphatic hydroxyl groups is 2. The Morgan fingerprint density at radius 1 is 1.00 bits per heavy atom. The summed E-state index contributed by atoms with van der Waals surface area (Å²) in [6.07, 6.45) is 7.61. The van der Waals surface area contributed by atoms with E-state index in [0.29, 0.717) is 6.42 Å². The van der Waals surface area contributed by atoms with E-state index in [2.05, 4.69) is 24.8 Å². The third-order valence-corrected chi connectivity index (χ3v) is 3.33. The van der Waals surface area contributed by atoms with Crippen molar-refractivity contribution in [2.45, 2.75) is 70.4 Å². The van der Waals surface area contributed by atoms with Crippen LogP contribution in [0.2, 0.25) is 0 Å². The molecule has 0 aliphatic heterocycles. The van der Waals surface area contributed by atoms with Crippen LogP contribution >= 0.6 is 0 Å². The molecule has 0 radical (unpaired) electrons. The minimum atomic E-state index is -2.90. The second-order valence-electron chi connectivity index (χ2n) is 5.32. The molecule has 6 nitrogen and oxygen atoms in total. The van der Waals surface area contributed by atoms with Gasteiger partial charge in [-0.05, 0) is 12.8 Å². The fourth-order valence-corrected chi connectivity index (χ4v) is 2.05. The number of unbranched alkanes of at least 4 members (excludes halogenated alkanes) is 6. The van der Waals surface area contributed by atoms with E-state index in [-0.39, 0.29) is 6.42 Å². The van der Waals surface area contributed by atoms with E-state index in [1.54, 1.807) is 0 Å².